The van der Waals surface area contributed by atoms with E-state index in [0.29, 0.717) is 10.5 Å². The van der Waals surface area contributed by atoms with Gasteiger partial charge in [-0.3, -0.25) is 0 Å². The molecule has 0 fully saturated rings. The summed E-state index contributed by atoms with van der Waals surface area (Å²) in [6.07, 6.45) is 0. The topological polar surface area (TPSA) is 20.2 Å². The SMILES string of the molecule is CC(C)Sc1cccc(CBr)c1.CC(C)Sc1cccc(CO)c1. The van der Waals surface area contributed by atoms with Crippen LogP contribution in [0.15, 0.2) is 58.3 Å². The van der Waals surface area contributed by atoms with E-state index in [1.165, 1.54) is 15.4 Å². The first-order valence-electron chi connectivity index (χ1n) is 8.12. The molecule has 0 unspecified atom stereocenters. The van der Waals surface area contributed by atoms with E-state index in [4.69, 9.17) is 5.11 Å². The van der Waals surface area contributed by atoms with E-state index < -0.39 is 0 Å². The molecule has 132 valence electrons. The quantitative estimate of drug-likeness (QED) is 0.406. The Hall–Kier alpha value is -0.420. The van der Waals surface area contributed by atoms with Gasteiger partial charge in [-0.05, 0) is 35.4 Å². The maximum atomic E-state index is 8.89. The molecule has 4 heteroatoms. The highest BCUT2D eigenvalue weighted by atomic mass is 79.9. The van der Waals surface area contributed by atoms with Crippen LogP contribution in [0.2, 0.25) is 0 Å². The monoisotopic (exact) mass is 426 g/mol. The molecule has 2 aromatic rings. The first-order chi connectivity index (χ1) is 11.4. The molecule has 0 atom stereocenters. The lowest BCUT2D eigenvalue weighted by Crippen LogP contribution is -1.87. The van der Waals surface area contributed by atoms with E-state index in [0.717, 1.165) is 10.9 Å². The molecule has 0 aliphatic carbocycles. The molecule has 0 heterocycles. The van der Waals surface area contributed by atoms with E-state index in [9.17, 15) is 0 Å². The van der Waals surface area contributed by atoms with Crippen molar-refractivity contribution < 1.29 is 5.11 Å². The third-order valence-corrected chi connectivity index (χ3v) is 5.52. The average molecular weight is 427 g/mol. The predicted molar refractivity (Wildman–Crippen MR) is 113 cm³/mol. The molecule has 0 radical (unpaired) electrons. The summed E-state index contributed by atoms with van der Waals surface area (Å²) in [4.78, 5) is 2.60. The third kappa shape index (κ3) is 9.16. The Balaban J connectivity index is 0.000000240. The number of benzene rings is 2. The molecule has 0 aliphatic heterocycles. The molecule has 0 spiro atoms. The smallest absolute Gasteiger partial charge is 0.0682 e. The Kier molecular flexibility index (Phi) is 10.8. The van der Waals surface area contributed by atoms with Crippen LogP contribution in [-0.2, 0) is 11.9 Å². The van der Waals surface area contributed by atoms with E-state index in [-0.39, 0.29) is 6.61 Å². The minimum absolute atomic E-state index is 0.131. The largest absolute Gasteiger partial charge is 0.392 e. The van der Waals surface area contributed by atoms with Crippen molar-refractivity contribution in [2.45, 2.75) is 59.9 Å². The molecule has 2 rings (SSSR count). The molecule has 0 bridgehead atoms. The van der Waals surface area contributed by atoms with Gasteiger partial charge < -0.3 is 5.11 Å². The first-order valence-corrected chi connectivity index (χ1v) is 11.0. The zero-order valence-corrected chi connectivity index (χ0v) is 18.0. The summed E-state index contributed by atoms with van der Waals surface area (Å²) < 4.78 is 0. The van der Waals surface area contributed by atoms with Gasteiger partial charge in [-0.2, -0.15) is 0 Å². The van der Waals surface area contributed by atoms with Crippen molar-refractivity contribution in [1.82, 2.24) is 0 Å². The van der Waals surface area contributed by atoms with E-state index in [1.54, 1.807) is 0 Å². The van der Waals surface area contributed by atoms with Gasteiger partial charge in [0.25, 0.3) is 0 Å². The summed E-state index contributed by atoms with van der Waals surface area (Å²) in [5.74, 6) is 0. The normalized spacial score (nSPS) is 10.7. The zero-order valence-electron chi connectivity index (χ0n) is 14.8. The van der Waals surface area contributed by atoms with Gasteiger partial charge in [-0.25, -0.2) is 0 Å². The standard InChI is InChI=1S/C10H13BrS.C10H14OS/c2*1-8(2)12-10-5-3-4-9(6-10)7-11/h3-6,8H,7H2,1-2H3;3-6,8,11H,7H2,1-2H3. The molecule has 1 nitrogen and oxygen atoms in total. The van der Waals surface area contributed by atoms with Crippen LogP contribution in [0.1, 0.15) is 38.8 Å². The van der Waals surface area contributed by atoms with Gasteiger partial charge in [-0.1, -0.05) is 67.9 Å². The Labute approximate surface area is 163 Å². The Bertz CT molecular complexity index is 546. The van der Waals surface area contributed by atoms with Gasteiger partial charge in [0.15, 0.2) is 0 Å². The van der Waals surface area contributed by atoms with Crippen molar-refractivity contribution in [3.05, 3.63) is 59.7 Å². The molecule has 0 saturated carbocycles. The summed E-state index contributed by atoms with van der Waals surface area (Å²) in [6.45, 7) is 8.88. The Morgan fingerprint density at radius 3 is 1.71 bits per heavy atom. The van der Waals surface area contributed by atoms with Crippen LogP contribution in [0, 0.1) is 0 Å². The molecule has 0 aromatic heterocycles. The second-order valence-corrected chi connectivity index (χ2v) is 9.78. The van der Waals surface area contributed by atoms with Crippen LogP contribution in [0.25, 0.3) is 0 Å². The number of halogens is 1. The van der Waals surface area contributed by atoms with Gasteiger partial charge in [0.1, 0.15) is 0 Å². The van der Waals surface area contributed by atoms with Crippen LogP contribution < -0.4 is 0 Å². The summed E-state index contributed by atoms with van der Waals surface area (Å²) in [6, 6.07) is 16.7. The number of thioether (sulfide) groups is 2. The van der Waals surface area contributed by atoms with Crippen LogP contribution in [0.5, 0.6) is 0 Å². The van der Waals surface area contributed by atoms with E-state index in [1.807, 2.05) is 41.7 Å². The second-order valence-electron chi connectivity index (χ2n) is 5.92. The number of aliphatic hydroxyl groups excluding tert-OH is 1. The summed E-state index contributed by atoms with van der Waals surface area (Å²) in [5, 5.41) is 11.1. The fourth-order valence-electron chi connectivity index (χ4n) is 1.96. The van der Waals surface area contributed by atoms with Crippen molar-refractivity contribution in [3.63, 3.8) is 0 Å². The van der Waals surface area contributed by atoms with E-state index in [2.05, 4.69) is 74.0 Å². The number of hydrogen-bond donors (Lipinski definition) is 1. The molecule has 0 aliphatic rings. The van der Waals surface area contributed by atoms with Gasteiger partial charge in [-0.15, -0.1) is 23.5 Å². The van der Waals surface area contributed by atoms with Crippen LogP contribution in [-0.4, -0.2) is 15.6 Å². The highest BCUT2D eigenvalue weighted by Crippen LogP contribution is 2.24. The van der Waals surface area contributed by atoms with Gasteiger partial charge in [0.05, 0.1) is 6.61 Å². The zero-order chi connectivity index (χ0) is 17.9. The highest BCUT2D eigenvalue weighted by Gasteiger charge is 1.99. The van der Waals surface area contributed by atoms with Gasteiger partial charge in [0.2, 0.25) is 0 Å². The average Bonchev–Trinajstić information content (AvgIpc) is 2.54. The number of hydrogen-bond acceptors (Lipinski definition) is 3. The van der Waals surface area contributed by atoms with Crippen molar-refractivity contribution in [2.75, 3.05) is 0 Å². The molecular weight excluding hydrogens is 400 g/mol. The van der Waals surface area contributed by atoms with Crippen molar-refractivity contribution in [3.8, 4) is 0 Å². The fraction of sp³-hybridized carbons (Fsp3) is 0.400. The lowest BCUT2D eigenvalue weighted by molar-refractivity contribution is 0.281. The minimum atomic E-state index is 0.131. The summed E-state index contributed by atoms with van der Waals surface area (Å²) in [7, 11) is 0. The molecular formula is C20H27BrOS2. The number of rotatable bonds is 6. The second kappa shape index (κ2) is 12.0. The molecule has 0 saturated heterocycles. The fourth-order valence-corrected chi connectivity index (χ4v) is 4.15. The Morgan fingerprint density at radius 2 is 1.29 bits per heavy atom. The minimum Gasteiger partial charge on any atom is -0.392 e. The molecule has 0 amide bonds. The predicted octanol–water partition coefficient (Wildman–Crippen LogP) is 6.76. The summed E-state index contributed by atoms with van der Waals surface area (Å²) in [5.41, 5.74) is 2.33. The lowest BCUT2D eigenvalue weighted by Gasteiger charge is -2.05. The van der Waals surface area contributed by atoms with Crippen LogP contribution in [0.3, 0.4) is 0 Å². The maximum absolute atomic E-state index is 8.89. The van der Waals surface area contributed by atoms with E-state index >= 15 is 0 Å². The van der Waals surface area contributed by atoms with Crippen molar-refractivity contribution in [2.24, 2.45) is 0 Å². The van der Waals surface area contributed by atoms with Crippen LogP contribution >= 0.6 is 39.5 Å². The van der Waals surface area contributed by atoms with Gasteiger partial charge in [0, 0.05) is 25.6 Å². The summed E-state index contributed by atoms with van der Waals surface area (Å²) >= 11 is 7.17. The Morgan fingerprint density at radius 1 is 0.833 bits per heavy atom. The lowest BCUT2D eigenvalue weighted by atomic mass is 10.2. The highest BCUT2D eigenvalue weighted by molar-refractivity contribution is 9.08. The first kappa shape index (κ1) is 21.6. The number of aliphatic hydroxyl groups is 1. The van der Waals surface area contributed by atoms with Crippen molar-refractivity contribution >= 4 is 39.5 Å². The molecule has 24 heavy (non-hydrogen) atoms. The van der Waals surface area contributed by atoms with Crippen molar-refractivity contribution in [1.29, 1.82) is 0 Å². The maximum Gasteiger partial charge on any atom is 0.0682 e. The number of alkyl halides is 1. The molecule has 2 aromatic carbocycles. The third-order valence-electron chi connectivity index (χ3n) is 2.88. The van der Waals surface area contributed by atoms with Crippen LogP contribution in [0.4, 0.5) is 0 Å². The van der Waals surface area contributed by atoms with Gasteiger partial charge >= 0.3 is 0 Å². The molecule has 1 N–H and O–H groups in total.